The Morgan fingerprint density at radius 3 is 2.00 bits per heavy atom. The van der Waals surface area contributed by atoms with Crippen LogP contribution in [-0.2, 0) is 9.53 Å². The minimum Gasteiger partial charge on any atom is -0.461 e. The van der Waals surface area contributed by atoms with Gasteiger partial charge in [-0.2, -0.15) is 0 Å². The number of unbranched alkanes of at least 4 members (excludes halogenated alkanes) is 12. The van der Waals surface area contributed by atoms with Crippen LogP contribution in [0, 0.1) is 5.41 Å². The van der Waals surface area contributed by atoms with E-state index in [2.05, 4.69) is 71.9 Å². The molecule has 0 aromatic heterocycles. The van der Waals surface area contributed by atoms with Gasteiger partial charge in [0.05, 0.1) is 0 Å². The topological polar surface area (TPSA) is 26.3 Å². The van der Waals surface area contributed by atoms with Crippen molar-refractivity contribution >= 4 is 5.97 Å². The van der Waals surface area contributed by atoms with E-state index >= 15 is 0 Å². The highest BCUT2D eigenvalue weighted by atomic mass is 16.5. The lowest BCUT2D eigenvalue weighted by atomic mass is 9.72. The van der Waals surface area contributed by atoms with Crippen molar-refractivity contribution in [3.8, 4) is 0 Å². The average Bonchev–Trinajstić information content (AvgIpc) is 2.86. The molecule has 0 amide bonds. The third-order valence-electron chi connectivity index (χ3n) is 7.91. The molecule has 0 atom stereocenters. The second-order valence-electron chi connectivity index (χ2n) is 12.2. The predicted molar refractivity (Wildman–Crippen MR) is 167 cm³/mol. The summed E-state index contributed by atoms with van der Waals surface area (Å²) in [5.41, 5.74) is 5.65. The third kappa shape index (κ3) is 16.9. The molecule has 0 spiro atoms. The van der Waals surface area contributed by atoms with Crippen LogP contribution in [0.3, 0.4) is 0 Å². The maximum absolute atomic E-state index is 12.0. The summed E-state index contributed by atoms with van der Waals surface area (Å²) in [5.74, 6) is -0.0720. The Balaban J connectivity index is 2.13. The van der Waals surface area contributed by atoms with Gasteiger partial charge in [-0.05, 0) is 63.5 Å². The Labute approximate surface area is 236 Å². The van der Waals surface area contributed by atoms with Crippen molar-refractivity contribution in [3.05, 3.63) is 58.7 Å². The number of hydrogen-bond donors (Lipinski definition) is 0. The van der Waals surface area contributed by atoms with Crippen LogP contribution in [-0.4, -0.2) is 12.6 Å². The number of hydrogen-bond acceptors (Lipinski definition) is 2. The Morgan fingerprint density at radius 2 is 1.42 bits per heavy atom. The largest absolute Gasteiger partial charge is 0.461 e. The van der Waals surface area contributed by atoms with E-state index in [0.29, 0.717) is 13.0 Å². The van der Waals surface area contributed by atoms with Crippen molar-refractivity contribution in [2.24, 2.45) is 5.41 Å². The lowest BCUT2D eigenvalue weighted by Crippen LogP contribution is -2.19. The molecule has 2 nitrogen and oxygen atoms in total. The first kappa shape index (κ1) is 34.2. The molecule has 0 fully saturated rings. The van der Waals surface area contributed by atoms with Gasteiger partial charge in [0, 0.05) is 6.42 Å². The van der Waals surface area contributed by atoms with E-state index < -0.39 is 0 Å². The fraction of sp³-hybridized carbons (Fsp3) is 0.694. The summed E-state index contributed by atoms with van der Waals surface area (Å²) in [5, 5.41) is 0. The van der Waals surface area contributed by atoms with Gasteiger partial charge >= 0.3 is 5.97 Å². The first-order valence-corrected chi connectivity index (χ1v) is 15.8. The van der Waals surface area contributed by atoms with Gasteiger partial charge in [-0.3, -0.25) is 4.79 Å². The van der Waals surface area contributed by atoms with Crippen molar-refractivity contribution in [2.75, 3.05) is 6.61 Å². The SMILES string of the molecule is CCCCCCCCCCCCCCCC(=O)OC\C=C(C)/C=C/C=C(C)\C=C\C1=C(C)CCCC1(C)C. The van der Waals surface area contributed by atoms with Crippen LogP contribution in [0.25, 0.3) is 0 Å². The van der Waals surface area contributed by atoms with Gasteiger partial charge in [0.1, 0.15) is 6.61 Å². The average molecular weight is 525 g/mol. The van der Waals surface area contributed by atoms with Gasteiger partial charge in [0.15, 0.2) is 0 Å². The first-order chi connectivity index (χ1) is 18.3. The molecular weight excluding hydrogens is 464 g/mol. The number of rotatable bonds is 20. The zero-order chi connectivity index (χ0) is 28.1. The van der Waals surface area contributed by atoms with Gasteiger partial charge in [-0.1, -0.05) is 145 Å². The summed E-state index contributed by atoms with van der Waals surface area (Å²) in [4.78, 5) is 12.0. The summed E-state index contributed by atoms with van der Waals surface area (Å²) in [6, 6.07) is 0. The summed E-state index contributed by atoms with van der Waals surface area (Å²) in [6.07, 6.45) is 34.3. The monoisotopic (exact) mass is 524 g/mol. The molecule has 38 heavy (non-hydrogen) atoms. The quantitative estimate of drug-likeness (QED) is 0.0899. The van der Waals surface area contributed by atoms with Crippen LogP contribution in [0.1, 0.15) is 151 Å². The molecule has 0 aromatic carbocycles. The predicted octanol–water partition coefficient (Wildman–Crippen LogP) is 11.5. The highest BCUT2D eigenvalue weighted by molar-refractivity contribution is 5.69. The molecule has 0 saturated heterocycles. The van der Waals surface area contributed by atoms with Crippen molar-refractivity contribution in [1.29, 1.82) is 0 Å². The Hall–Kier alpha value is -1.83. The van der Waals surface area contributed by atoms with Gasteiger partial charge in [0.2, 0.25) is 0 Å². The van der Waals surface area contributed by atoms with Crippen LogP contribution in [0.2, 0.25) is 0 Å². The highest BCUT2D eigenvalue weighted by Gasteiger charge is 2.26. The zero-order valence-corrected chi connectivity index (χ0v) is 26.0. The van der Waals surface area contributed by atoms with Gasteiger partial charge < -0.3 is 4.74 Å². The Kier molecular flexibility index (Phi) is 18.9. The van der Waals surface area contributed by atoms with Gasteiger partial charge in [-0.15, -0.1) is 0 Å². The van der Waals surface area contributed by atoms with Crippen LogP contribution >= 0.6 is 0 Å². The van der Waals surface area contributed by atoms with E-state index in [9.17, 15) is 4.79 Å². The van der Waals surface area contributed by atoms with Crippen molar-refractivity contribution in [2.45, 2.75) is 151 Å². The first-order valence-electron chi connectivity index (χ1n) is 15.8. The molecule has 0 aliphatic heterocycles. The summed E-state index contributed by atoms with van der Waals surface area (Å²) < 4.78 is 5.40. The van der Waals surface area contributed by atoms with Crippen LogP contribution in [0.15, 0.2) is 58.7 Å². The van der Waals surface area contributed by atoms with E-state index in [1.54, 1.807) is 0 Å². The van der Waals surface area contributed by atoms with Crippen molar-refractivity contribution in [3.63, 3.8) is 0 Å². The maximum Gasteiger partial charge on any atom is 0.306 e. The summed E-state index contributed by atoms with van der Waals surface area (Å²) >= 11 is 0. The van der Waals surface area contributed by atoms with Crippen molar-refractivity contribution in [1.82, 2.24) is 0 Å². The standard InChI is InChI=1S/C36H60O2/c1-7-8-9-10-11-12-13-14-15-16-17-18-19-25-35(37)38-30-28-32(3)23-20-22-31(2)26-27-34-33(4)24-21-29-36(34,5)6/h20,22-23,26-28H,7-19,21,24-25,29-30H2,1-6H3/b23-20+,27-26+,31-22-,32-28-. The fourth-order valence-corrected chi connectivity index (χ4v) is 5.33. The second-order valence-corrected chi connectivity index (χ2v) is 12.2. The molecule has 1 rings (SSSR count). The van der Waals surface area contributed by atoms with E-state index in [0.717, 1.165) is 18.4 Å². The number of carbonyl (C=O) groups excluding carboxylic acids is 1. The number of allylic oxidation sites excluding steroid dienone is 9. The van der Waals surface area contributed by atoms with Crippen molar-refractivity contribution < 1.29 is 9.53 Å². The molecule has 0 bridgehead atoms. The number of esters is 1. The van der Waals surface area contributed by atoms with E-state index in [4.69, 9.17) is 4.74 Å². The molecule has 0 saturated carbocycles. The molecule has 0 aromatic rings. The molecule has 0 unspecified atom stereocenters. The van der Waals surface area contributed by atoms with Crippen LogP contribution in [0.5, 0.6) is 0 Å². The number of ether oxygens (including phenoxy) is 1. The van der Waals surface area contributed by atoms with Gasteiger partial charge in [0.25, 0.3) is 0 Å². The third-order valence-corrected chi connectivity index (χ3v) is 7.91. The smallest absolute Gasteiger partial charge is 0.306 e. The van der Waals surface area contributed by atoms with Gasteiger partial charge in [-0.25, -0.2) is 0 Å². The molecule has 0 radical (unpaired) electrons. The lowest BCUT2D eigenvalue weighted by Gasteiger charge is -2.32. The second kappa shape index (κ2) is 21.0. The molecule has 0 heterocycles. The van der Waals surface area contributed by atoms with E-state index in [1.165, 1.54) is 107 Å². The highest BCUT2D eigenvalue weighted by Crippen LogP contribution is 2.40. The lowest BCUT2D eigenvalue weighted by molar-refractivity contribution is -0.142. The minimum absolute atomic E-state index is 0.0720. The maximum atomic E-state index is 12.0. The molecule has 216 valence electrons. The van der Waals surface area contributed by atoms with Crippen LogP contribution < -0.4 is 0 Å². The fourth-order valence-electron chi connectivity index (χ4n) is 5.33. The molecule has 0 N–H and O–H groups in total. The van der Waals surface area contributed by atoms with E-state index in [1.807, 2.05) is 6.08 Å². The Bertz CT molecular complexity index is 803. The van der Waals surface area contributed by atoms with Crippen LogP contribution in [0.4, 0.5) is 0 Å². The van der Waals surface area contributed by atoms with E-state index in [-0.39, 0.29) is 11.4 Å². The zero-order valence-electron chi connectivity index (χ0n) is 26.0. The number of carbonyl (C=O) groups is 1. The minimum atomic E-state index is -0.0720. The molecular formula is C36H60O2. The summed E-state index contributed by atoms with van der Waals surface area (Å²) in [6.45, 7) is 13.8. The normalized spacial score (nSPS) is 16.7. The summed E-state index contributed by atoms with van der Waals surface area (Å²) in [7, 11) is 0. The Morgan fingerprint density at radius 1 is 0.842 bits per heavy atom. The molecule has 2 heteroatoms. The molecule has 1 aliphatic carbocycles. The molecule has 1 aliphatic rings.